The van der Waals surface area contributed by atoms with Crippen molar-refractivity contribution >= 4 is 5.97 Å². The van der Waals surface area contributed by atoms with Crippen molar-refractivity contribution in [3.8, 4) is 17.4 Å². The van der Waals surface area contributed by atoms with Gasteiger partial charge in [-0.15, -0.1) is 0 Å². The van der Waals surface area contributed by atoms with Crippen molar-refractivity contribution in [1.29, 1.82) is 5.26 Å². The third-order valence-electron chi connectivity index (χ3n) is 3.69. The van der Waals surface area contributed by atoms with Gasteiger partial charge in [0.15, 0.2) is 5.76 Å². The van der Waals surface area contributed by atoms with Crippen molar-refractivity contribution in [3.05, 3.63) is 76.7 Å². The molecule has 0 aliphatic rings. The van der Waals surface area contributed by atoms with Crippen LogP contribution in [0.2, 0.25) is 0 Å². The molecule has 0 fully saturated rings. The number of carbonyl (C=O) groups excluding carboxylic acids is 1. The highest BCUT2D eigenvalue weighted by Crippen LogP contribution is 2.26. The Labute approximate surface area is 143 Å². The molecular formula is C19H13FN2O3. The molecule has 2 aromatic carbocycles. The smallest absolute Gasteiger partial charge is 0.338 e. The lowest BCUT2D eigenvalue weighted by atomic mass is 10.1. The normalized spacial score (nSPS) is 10.3. The van der Waals surface area contributed by atoms with E-state index in [2.05, 4.69) is 5.16 Å². The van der Waals surface area contributed by atoms with Crippen molar-refractivity contribution in [2.75, 3.05) is 0 Å². The van der Waals surface area contributed by atoms with E-state index in [1.54, 1.807) is 37.3 Å². The highest BCUT2D eigenvalue weighted by Gasteiger charge is 2.16. The molecule has 0 aliphatic heterocycles. The van der Waals surface area contributed by atoms with Gasteiger partial charge in [-0.2, -0.15) is 5.26 Å². The molecule has 1 heterocycles. The van der Waals surface area contributed by atoms with Gasteiger partial charge in [-0.25, -0.2) is 9.18 Å². The molecule has 25 heavy (non-hydrogen) atoms. The highest BCUT2D eigenvalue weighted by atomic mass is 19.1. The van der Waals surface area contributed by atoms with Crippen LogP contribution in [0.3, 0.4) is 0 Å². The highest BCUT2D eigenvalue weighted by molar-refractivity contribution is 5.89. The molecule has 0 bridgehead atoms. The van der Waals surface area contributed by atoms with Crippen molar-refractivity contribution in [1.82, 2.24) is 5.16 Å². The summed E-state index contributed by atoms with van der Waals surface area (Å²) in [5, 5.41) is 12.8. The van der Waals surface area contributed by atoms with Gasteiger partial charge in [0.05, 0.1) is 17.2 Å². The molecule has 0 amide bonds. The van der Waals surface area contributed by atoms with Gasteiger partial charge < -0.3 is 9.26 Å². The number of aromatic nitrogens is 1. The minimum absolute atomic E-state index is 0.0634. The van der Waals surface area contributed by atoms with E-state index in [-0.39, 0.29) is 12.4 Å². The van der Waals surface area contributed by atoms with Gasteiger partial charge in [0.25, 0.3) is 0 Å². The Balaban J connectivity index is 1.73. The number of hydrogen-bond donors (Lipinski definition) is 0. The maximum atomic E-state index is 13.0. The molecule has 0 saturated carbocycles. The Morgan fingerprint density at radius 3 is 2.76 bits per heavy atom. The van der Waals surface area contributed by atoms with Crippen LogP contribution in [0.4, 0.5) is 4.39 Å². The number of nitrogens with zero attached hydrogens (tertiary/aromatic N) is 2. The lowest BCUT2D eigenvalue weighted by molar-refractivity contribution is 0.0463. The third kappa shape index (κ3) is 3.56. The van der Waals surface area contributed by atoms with Crippen molar-refractivity contribution in [2.45, 2.75) is 13.5 Å². The molecule has 5 nitrogen and oxygen atoms in total. The van der Waals surface area contributed by atoms with Gasteiger partial charge in [0, 0.05) is 11.1 Å². The second-order valence-corrected chi connectivity index (χ2v) is 5.36. The Kier molecular flexibility index (Phi) is 4.57. The average Bonchev–Trinajstić information content (AvgIpc) is 3.01. The second-order valence-electron chi connectivity index (χ2n) is 5.36. The number of benzene rings is 2. The summed E-state index contributed by atoms with van der Waals surface area (Å²) in [7, 11) is 0. The van der Waals surface area contributed by atoms with Gasteiger partial charge in [0.1, 0.15) is 18.1 Å². The molecule has 0 unspecified atom stereocenters. The summed E-state index contributed by atoms with van der Waals surface area (Å²) in [5.74, 6) is -0.393. The SMILES string of the molecule is Cc1c(COC(=O)c2cccc(C#N)c2)noc1-c1ccc(F)cc1. The number of rotatable bonds is 4. The van der Waals surface area contributed by atoms with Crippen LogP contribution >= 0.6 is 0 Å². The fourth-order valence-electron chi connectivity index (χ4n) is 2.31. The Bertz CT molecular complexity index is 956. The first-order valence-corrected chi connectivity index (χ1v) is 7.47. The topological polar surface area (TPSA) is 76.1 Å². The molecule has 0 N–H and O–H groups in total. The summed E-state index contributed by atoms with van der Waals surface area (Å²) in [6, 6.07) is 14.1. The largest absolute Gasteiger partial charge is 0.455 e. The molecule has 3 aromatic rings. The zero-order chi connectivity index (χ0) is 17.8. The van der Waals surface area contributed by atoms with Gasteiger partial charge in [-0.05, 0) is 49.4 Å². The maximum Gasteiger partial charge on any atom is 0.338 e. The zero-order valence-electron chi connectivity index (χ0n) is 13.3. The van der Waals surface area contributed by atoms with Crippen LogP contribution in [-0.4, -0.2) is 11.1 Å². The molecule has 0 radical (unpaired) electrons. The predicted molar refractivity (Wildman–Crippen MR) is 86.9 cm³/mol. The van der Waals surface area contributed by atoms with E-state index >= 15 is 0 Å². The summed E-state index contributed by atoms with van der Waals surface area (Å²) >= 11 is 0. The summed E-state index contributed by atoms with van der Waals surface area (Å²) in [4.78, 5) is 12.1. The van der Waals surface area contributed by atoms with E-state index in [0.717, 1.165) is 0 Å². The summed E-state index contributed by atoms with van der Waals surface area (Å²) < 4.78 is 23.5. The first-order chi connectivity index (χ1) is 12.1. The Morgan fingerprint density at radius 1 is 1.28 bits per heavy atom. The third-order valence-corrected chi connectivity index (χ3v) is 3.69. The fourth-order valence-corrected chi connectivity index (χ4v) is 2.31. The monoisotopic (exact) mass is 336 g/mol. The summed E-state index contributed by atoms with van der Waals surface area (Å²) in [6.45, 7) is 1.72. The lowest BCUT2D eigenvalue weighted by Gasteiger charge is -2.03. The molecule has 0 atom stereocenters. The molecule has 124 valence electrons. The number of carbonyl (C=O) groups is 1. The molecule has 3 rings (SSSR count). The van der Waals surface area contributed by atoms with Crippen LogP contribution in [0.25, 0.3) is 11.3 Å². The number of esters is 1. The van der Waals surface area contributed by atoms with Gasteiger partial charge in [-0.3, -0.25) is 0 Å². The molecule has 0 aliphatic carbocycles. The van der Waals surface area contributed by atoms with E-state index in [1.165, 1.54) is 18.2 Å². The van der Waals surface area contributed by atoms with Crippen LogP contribution in [0.1, 0.15) is 27.2 Å². The van der Waals surface area contributed by atoms with E-state index in [4.69, 9.17) is 14.5 Å². The molecule has 1 aromatic heterocycles. The quantitative estimate of drug-likeness (QED) is 0.673. The summed E-state index contributed by atoms with van der Waals surface area (Å²) in [6.07, 6.45) is 0. The standard InChI is InChI=1S/C19H13FN2O3/c1-12-17(22-25-18(12)14-5-7-16(20)8-6-14)11-24-19(23)15-4-2-3-13(9-15)10-21/h2-9H,11H2,1H3. The Hall–Kier alpha value is -3.46. The number of hydrogen-bond acceptors (Lipinski definition) is 5. The first kappa shape index (κ1) is 16.4. The van der Waals surface area contributed by atoms with Crippen LogP contribution in [0, 0.1) is 24.1 Å². The Morgan fingerprint density at radius 2 is 2.04 bits per heavy atom. The van der Waals surface area contributed by atoms with E-state index in [1.807, 2.05) is 6.07 Å². The molecule has 6 heteroatoms. The van der Waals surface area contributed by atoms with Crippen molar-refractivity contribution in [2.24, 2.45) is 0 Å². The molecule has 0 spiro atoms. The minimum Gasteiger partial charge on any atom is -0.455 e. The molecule has 0 saturated heterocycles. The fraction of sp³-hybridized carbons (Fsp3) is 0.105. The number of halogens is 1. The van der Waals surface area contributed by atoms with E-state index < -0.39 is 5.97 Å². The zero-order valence-corrected chi connectivity index (χ0v) is 13.3. The van der Waals surface area contributed by atoms with Crippen LogP contribution in [0.15, 0.2) is 53.1 Å². The molecular weight excluding hydrogens is 323 g/mol. The van der Waals surface area contributed by atoms with Crippen molar-refractivity contribution in [3.63, 3.8) is 0 Å². The van der Waals surface area contributed by atoms with Crippen LogP contribution in [0.5, 0.6) is 0 Å². The second kappa shape index (κ2) is 6.97. The van der Waals surface area contributed by atoms with E-state index in [0.29, 0.717) is 33.7 Å². The minimum atomic E-state index is -0.553. The maximum absolute atomic E-state index is 13.0. The lowest BCUT2D eigenvalue weighted by Crippen LogP contribution is -2.06. The average molecular weight is 336 g/mol. The van der Waals surface area contributed by atoms with Crippen molar-refractivity contribution < 1.29 is 18.4 Å². The number of nitriles is 1. The van der Waals surface area contributed by atoms with Gasteiger partial charge >= 0.3 is 5.97 Å². The van der Waals surface area contributed by atoms with Crippen LogP contribution in [-0.2, 0) is 11.3 Å². The summed E-state index contributed by atoms with van der Waals surface area (Å²) in [5.41, 5.74) is 2.55. The van der Waals surface area contributed by atoms with E-state index in [9.17, 15) is 9.18 Å². The van der Waals surface area contributed by atoms with Gasteiger partial charge in [-0.1, -0.05) is 11.2 Å². The van der Waals surface area contributed by atoms with Crippen LogP contribution < -0.4 is 0 Å². The first-order valence-electron chi connectivity index (χ1n) is 7.47. The van der Waals surface area contributed by atoms with Gasteiger partial charge in [0.2, 0.25) is 0 Å². The predicted octanol–water partition coefficient (Wildman–Crippen LogP) is 4.02. The number of ether oxygens (including phenoxy) is 1.